The second kappa shape index (κ2) is 3.17. The normalized spacial score (nSPS) is 11.1. The Bertz CT molecular complexity index is 697. The molecular formula is C13H9NO2. The molecule has 0 atom stereocenters. The Labute approximate surface area is 91.7 Å². The van der Waals surface area contributed by atoms with Gasteiger partial charge in [0.05, 0.1) is 6.20 Å². The number of carbonyl (C=O) groups is 1. The number of carbonyl (C=O) groups excluding carboxylic acids is 1. The maximum atomic E-state index is 11.3. The minimum Gasteiger partial charge on any atom is -0.454 e. The highest BCUT2D eigenvalue weighted by molar-refractivity contribution is 6.07. The van der Waals surface area contributed by atoms with Gasteiger partial charge in [0.1, 0.15) is 5.58 Å². The minimum absolute atomic E-state index is 0.0421. The number of Topliss-reactive ketones (excluding diaryl/α,β-unsaturated/α-hetero) is 1. The third-order valence-electron chi connectivity index (χ3n) is 2.68. The fraction of sp³-hybridized carbons (Fsp3) is 0.0769. The molecule has 0 aliphatic rings. The topological polar surface area (TPSA) is 43.1 Å². The summed E-state index contributed by atoms with van der Waals surface area (Å²) in [4.78, 5) is 15.3. The average Bonchev–Trinajstić information content (AvgIpc) is 2.66. The zero-order chi connectivity index (χ0) is 11.1. The predicted octanol–water partition coefficient (Wildman–Crippen LogP) is 3.18. The molecule has 0 aliphatic heterocycles. The van der Waals surface area contributed by atoms with E-state index in [1.165, 1.54) is 0 Å². The van der Waals surface area contributed by atoms with Gasteiger partial charge in [0.2, 0.25) is 0 Å². The van der Waals surface area contributed by atoms with Crippen LogP contribution >= 0.6 is 0 Å². The van der Waals surface area contributed by atoms with Crippen molar-refractivity contribution in [2.24, 2.45) is 0 Å². The number of aromatic nitrogens is 1. The summed E-state index contributed by atoms with van der Waals surface area (Å²) in [6.45, 7) is 1.55. The Morgan fingerprint density at radius 3 is 2.81 bits per heavy atom. The Kier molecular flexibility index (Phi) is 1.80. The maximum absolute atomic E-state index is 11.3. The summed E-state index contributed by atoms with van der Waals surface area (Å²) in [5.41, 5.74) is 2.15. The van der Waals surface area contributed by atoms with Gasteiger partial charge in [-0.1, -0.05) is 6.07 Å². The molecule has 1 aromatic carbocycles. The van der Waals surface area contributed by atoms with Crippen molar-refractivity contribution in [2.75, 3.05) is 0 Å². The average molecular weight is 211 g/mol. The van der Waals surface area contributed by atoms with Crippen LogP contribution in [0.5, 0.6) is 0 Å². The number of furan rings is 1. The van der Waals surface area contributed by atoms with Crippen molar-refractivity contribution in [3.8, 4) is 0 Å². The molecule has 2 aromatic heterocycles. The van der Waals surface area contributed by atoms with Gasteiger partial charge in [-0.3, -0.25) is 9.78 Å². The molecule has 0 fully saturated rings. The van der Waals surface area contributed by atoms with Crippen molar-refractivity contribution in [3.05, 3.63) is 42.2 Å². The molecule has 3 nitrogen and oxygen atoms in total. The van der Waals surface area contributed by atoms with Gasteiger partial charge in [0, 0.05) is 22.5 Å². The van der Waals surface area contributed by atoms with Crippen molar-refractivity contribution < 1.29 is 9.21 Å². The summed E-state index contributed by atoms with van der Waals surface area (Å²) in [5, 5.41) is 2.04. The molecule has 0 radical (unpaired) electrons. The molecule has 0 amide bonds. The molecule has 0 saturated heterocycles. The van der Waals surface area contributed by atoms with E-state index in [0.717, 1.165) is 21.9 Å². The number of pyridine rings is 1. The summed E-state index contributed by atoms with van der Waals surface area (Å²) >= 11 is 0. The second-order valence-corrected chi connectivity index (χ2v) is 3.74. The molecule has 0 aliphatic carbocycles. The fourth-order valence-electron chi connectivity index (χ4n) is 1.85. The van der Waals surface area contributed by atoms with Crippen LogP contribution < -0.4 is 0 Å². The molecule has 16 heavy (non-hydrogen) atoms. The number of hydrogen-bond donors (Lipinski definition) is 0. The maximum Gasteiger partial charge on any atom is 0.159 e. The predicted molar refractivity (Wildman–Crippen MR) is 61.5 cm³/mol. The Morgan fingerprint density at radius 2 is 2.00 bits per heavy atom. The molecule has 2 heterocycles. The number of nitrogens with zero attached hydrogens (tertiary/aromatic N) is 1. The van der Waals surface area contributed by atoms with Gasteiger partial charge in [-0.2, -0.15) is 0 Å². The van der Waals surface area contributed by atoms with Crippen LogP contribution in [-0.2, 0) is 0 Å². The van der Waals surface area contributed by atoms with E-state index in [1.54, 1.807) is 25.4 Å². The van der Waals surface area contributed by atoms with Crippen molar-refractivity contribution >= 4 is 27.7 Å². The standard InChI is InChI=1S/C13H9NO2/c1-8(15)9-2-3-10-11-4-5-14-7-13(11)16-12(10)6-9/h2-7H,1H3. The van der Waals surface area contributed by atoms with Gasteiger partial charge in [-0.05, 0) is 25.1 Å². The molecule has 3 heteroatoms. The zero-order valence-electron chi connectivity index (χ0n) is 8.73. The van der Waals surface area contributed by atoms with Crippen LogP contribution in [0, 0.1) is 0 Å². The van der Waals surface area contributed by atoms with Crippen LogP contribution in [0.15, 0.2) is 41.1 Å². The van der Waals surface area contributed by atoms with Crippen molar-refractivity contribution in [1.29, 1.82) is 0 Å². The lowest BCUT2D eigenvalue weighted by molar-refractivity contribution is 0.101. The van der Waals surface area contributed by atoms with E-state index in [4.69, 9.17) is 4.42 Å². The number of rotatable bonds is 1. The van der Waals surface area contributed by atoms with Crippen LogP contribution in [0.4, 0.5) is 0 Å². The Morgan fingerprint density at radius 1 is 1.19 bits per heavy atom. The summed E-state index contributed by atoms with van der Waals surface area (Å²) in [6, 6.07) is 7.42. The minimum atomic E-state index is 0.0421. The molecule has 0 unspecified atom stereocenters. The van der Waals surface area contributed by atoms with Crippen LogP contribution in [0.2, 0.25) is 0 Å². The molecule has 0 saturated carbocycles. The molecular weight excluding hydrogens is 202 g/mol. The van der Waals surface area contributed by atoms with E-state index >= 15 is 0 Å². The summed E-state index contributed by atoms with van der Waals surface area (Å²) < 4.78 is 5.63. The van der Waals surface area contributed by atoms with Crippen molar-refractivity contribution in [1.82, 2.24) is 4.98 Å². The van der Waals surface area contributed by atoms with E-state index in [0.29, 0.717) is 5.56 Å². The third-order valence-corrected chi connectivity index (χ3v) is 2.68. The first-order valence-electron chi connectivity index (χ1n) is 5.03. The highest BCUT2D eigenvalue weighted by Crippen LogP contribution is 2.28. The van der Waals surface area contributed by atoms with E-state index in [-0.39, 0.29) is 5.78 Å². The molecule has 78 valence electrons. The lowest BCUT2D eigenvalue weighted by Gasteiger charge is -1.93. The summed E-state index contributed by atoms with van der Waals surface area (Å²) in [6.07, 6.45) is 3.42. The van der Waals surface area contributed by atoms with Gasteiger partial charge in [-0.15, -0.1) is 0 Å². The van der Waals surface area contributed by atoms with E-state index in [9.17, 15) is 4.79 Å². The van der Waals surface area contributed by atoms with E-state index < -0.39 is 0 Å². The van der Waals surface area contributed by atoms with E-state index in [1.807, 2.05) is 18.2 Å². The van der Waals surface area contributed by atoms with Gasteiger partial charge >= 0.3 is 0 Å². The quantitative estimate of drug-likeness (QED) is 0.580. The highest BCUT2D eigenvalue weighted by Gasteiger charge is 2.08. The zero-order valence-corrected chi connectivity index (χ0v) is 8.73. The second-order valence-electron chi connectivity index (χ2n) is 3.74. The largest absolute Gasteiger partial charge is 0.454 e. The number of ketones is 1. The van der Waals surface area contributed by atoms with Crippen molar-refractivity contribution in [3.63, 3.8) is 0 Å². The first kappa shape index (κ1) is 9.09. The monoisotopic (exact) mass is 211 g/mol. The lowest BCUT2D eigenvalue weighted by atomic mass is 10.1. The van der Waals surface area contributed by atoms with Crippen LogP contribution in [0.25, 0.3) is 21.9 Å². The number of hydrogen-bond acceptors (Lipinski definition) is 3. The highest BCUT2D eigenvalue weighted by atomic mass is 16.3. The van der Waals surface area contributed by atoms with Gasteiger partial charge in [0.25, 0.3) is 0 Å². The van der Waals surface area contributed by atoms with E-state index in [2.05, 4.69) is 4.98 Å². The van der Waals surface area contributed by atoms with Crippen LogP contribution in [-0.4, -0.2) is 10.8 Å². The first-order chi connectivity index (χ1) is 7.75. The summed E-state index contributed by atoms with van der Waals surface area (Å²) in [7, 11) is 0. The van der Waals surface area contributed by atoms with Crippen LogP contribution in [0.3, 0.4) is 0 Å². The SMILES string of the molecule is CC(=O)c1ccc2c(c1)oc1cnccc12. The number of fused-ring (bicyclic) bond motifs is 3. The third kappa shape index (κ3) is 1.21. The smallest absolute Gasteiger partial charge is 0.159 e. The van der Waals surface area contributed by atoms with Crippen molar-refractivity contribution in [2.45, 2.75) is 6.92 Å². The Hall–Kier alpha value is -2.16. The van der Waals surface area contributed by atoms with Gasteiger partial charge in [-0.25, -0.2) is 0 Å². The molecule has 3 aromatic rings. The molecule has 0 bridgehead atoms. The fourth-order valence-corrected chi connectivity index (χ4v) is 1.85. The Balaban J connectivity index is 2.41. The molecule has 3 rings (SSSR count). The van der Waals surface area contributed by atoms with Crippen LogP contribution in [0.1, 0.15) is 17.3 Å². The molecule has 0 N–H and O–H groups in total. The molecule has 0 spiro atoms. The van der Waals surface area contributed by atoms with Gasteiger partial charge < -0.3 is 4.42 Å². The first-order valence-corrected chi connectivity index (χ1v) is 5.03. The number of benzene rings is 1. The summed E-state index contributed by atoms with van der Waals surface area (Å²) in [5.74, 6) is 0.0421. The van der Waals surface area contributed by atoms with Gasteiger partial charge in [0.15, 0.2) is 11.4 Å². The lowest BCUT2D eigenvalue weighted by Crippen LogP contribution is -1.89.